The fourth-order valence-electron chi connectivity index (χ4n) is 4.37. The Kier molecular flexibility index (Phi) is 9.63. The van der Waals surface area contributed by atoms with E-state index in [-0.39, 0.29) is 69.6 Å². The Hall–Kier alpha value is -8.04. The van der Waals surface area contributed by atoms with Crippen LogP contribution in [0, 0.1) is 96.1 Å². The fraction of sp³-hybridized carbons (Fsp3) is 0.310. The highest BCUT2D eigenvalue weighted by molar-refractivity contribution is 5.41. The third-order valence-corrected chi connectivity index (χ3v) is 7.09. The summed E-state index contributed by atoms with van der Waals surface area (Å²) in [4.78, 5) is 16.3. The van der Waals surface area contributed by atoms with Crippen molar-refractivity contribution in [3.8, 4) is 72.6 Å². The van der Waals surface area contributed by atoms with E-state index in [0.717, 1.165) is 0 Å². The van der Waals surface area contributed by atoms with Gasteiger partial charge in [-0.25, -0.2) is 0 Å². The third kappa shape index (κ3) is 6.25. The van der Waals surface area contributed by atoms with Gasteiger partial charge < -0.3 is 18.9 Å². The zero-order chi connectivity index (χ0) is 35.9. The Bertz CT molecular complexity index is 1970. The summed E-state index contributed by atoms with van der Waals surface area (Å²) in [6.07, 6.45) is 0. The van der Waals surface area contributed by atoms with Crippen molar-refractivity contribution in [1.82, 2.24) is 38.2 Å². The standard InChI is InChI=1S/C29H20N16O4/c1-42-21(9-34)17(5-30)38-25(42)46-13-29(14-47-26-39-18(6-31)22(10-35)43(26)2,15-48-27-40-19(7-32)23(11-36)44(27)3)16-49-28-41-20(8-33)24(12-37)45(28)4/h13-16H2,1-4H3. The van der Waals surface area contributed by atoms with Crippen LogP contribution in [0.2, 0.25) is 0 Å². The molecule has 0 aliphatic heterocycles. The van der Waals surface area contributed by atoms with Crippen molar-refractivity contribution in [2.24, 2.45) is 33.6 Å². The van der Waals surface area contributed by atoms with Crippen LogP contribution in [0.5, 0.6) is 24.0 Å². The molecule has 4 rings (SSSR count). The number of imidazole rings is 4. The molecule has 49 heavy (non-hydrogen) atoms. The van der Waals surface area contributed by atoms with Gasteiger partial charge in [-0.3, -0.25) is 18.3 Å². The molecule has 4 heterocycles. The molecule has 0 radical (unpaired) electrons. The highest BCUT2D eigenvalue weighted by Crippen LogP contribution is 2.28. The first-order valence-corrected chi connectivity index (χ1v) is 13.5. The molecule has 4 aromatic rings. The summed E-state index contributed by atoms with van der Waals surface area (Å²) in [6, 6.07) is 14.2. The normalized spacial score (nSPS) is 10.2. The molecule has 20 nitrogen and oxygen atoms in total. The van der Waals surface area contributed by atoms with E-state index in [2.05, 4.69) is 19.9 Å². The van der Waals surface area contributed by atoms with E-state index in [1.54, 1.807) is 0 Å². The summed E-state index contributed by atoms with van der Waals surface area (Å²) < 4.78 is 29.0. The second-order valence-corrected chi connectivity index (χ2v) is 10.2. The van der Waals surface area contributed by atoms with Crippen molar-refractivity contribution in [3.05, 3.63) is 45.6 Å². The van der Waals surface area contributed by atoms with Crippen molar-refractivity contribution < 1.29 is 18.9 Å². The van der Waals surface area contributed by atoms with Crippen LogP contribution in [0.25, 0.3) is 0 Å². The van der Waals surface area contributed by atoms with Crippen molar-refractivity contribution in [3.63, 3.8) is 0 Å². The molecule has 0 aliphatic carbocycles. The summed E-state index contributed by atoms with van der Waals surface area (Å²) >= 11 is 0. The lowest BCUT2D eigenvalue weighted by molar-refractivity contribution is -0.0152. The van der Waals surface area contributed by atoms with Crippen LogP contribution in [0.4, 0.5) is 0 Å². The van der Waals surface area contributed by atoms with Gasteiger partial charge in [-0.15, -0.1) is 0 Å². The minimum Gasteiger partial charge on any atom is -0.464 e. The zero-order valence-corrected chi connectivity index (χ0v) is 26.1. The maximum Gasteiger partial charge on any atom is 0.298 e. The van der Waals surface area contributed by atoms with Crippen molar-refractivity contribution in [2.75, 3.05) is 26.4 Å². The van der Waals surface area contributed by atoms with Crippen LogP contribution in [0.1, 0.15) is 45.6 Å². The van der Waals surface area contributed by atoms with E-state index in [0.29, 0.717) is 0 Å². The lowest BCUT2D eigenvalue weighted by Gasteiger charge is -2.32. The lowest BCUT2D eigenvalue weighted by atomic mass is 9.92. The zero-order valence-electron chi connectivity index (χ0n) is 26.1. The Balaban J connectivity index is 1.81. The van der Waals surface area contributed by atoms with Gasteiger partial charge in [0.15, 0.2) is 45.6 Å². The van der Waals surface area contributed by atoms with Gasteiger partial charge in [0, 0.05) is 28.2 Å². The number of nitriles is 8. The molecule has 0 amide bonds. The highest BCUT2D eigenvalue weighted by atomic mass is 16.5. The number of ether oxygens (including phenoxy) is 4. The van der Waals surface area contributed by atoms with Crippen LogP contribution >= 0.6 is 0 Å². The van der Waals surface area contributed by atoms with Gasteiger partial charge >= 0.3 is 0 Å². The summed E-state index contributed by atoms with van der Waals surface area (Å²) in [5, 5.41) is 76.0. The van der Waals surface area contributed by atoms with Gasteiger partial charge in [-0.2, -0.15) is 62.0 Å². The molecule has 4 aromatic heterocycles. The molecule has 20 heteroatoms. The van der Waals surface area contributed by atoms with Crippen molar-refractivity contribution >= 4 is 0 Å². The van der Waals surface area contributed by atoms with E-state index < -0.39 is 31.8 Å². The van der Waals surface area contributed by atoms with Gasteiger partial charge in [-0.05, 0) is 0 Å². The van der Waals surface area contributed by atoms with Gasteiger partial charge in [0.25, 0.3) is 24.0 Å². The van der Waals surface area contributed by atoms with Gasteiger partial charge in [-0.1, -0.05) is 0 Å². The minimum atomic E-state index is -1.48. The smallest absolute Gasteiger partial charge is 0.298 e. The van der Waals surface area contributed by atoms with Crippen LogP contribution in [-0.4, -0.2) is 64.6 Å². The molecule has 0 spiro atoms. The molecule has 0 unspecified atom stereocenters. The Labute approximate surface area is 277 Å². The van der Waals surface area contributed by atoms with E-state index >= 15 is 0 Å². The second kappa shape index (κ2) is 13.9. The topological polar surface area (TPSA) is 299 Å². The average Bonchev–Trinajstić information content (AvgIpc) is 3.81. The summed E-state index contributed by atoms with van der Waals surface area (Å²) in [5.74, 6) is 0. The largest absolute Gasteiger partial charge is 0.464 e. The third-order valence-electron chi connectivity index (χ3n) is 7.09. The molecular formula is C29H20N16O4. The molecule has 0 N–H and O–H groups in total. The van der Waals surface area contributed by atoms with Crippen LogP contribution < -0.4 is 18.9 Å². The van der Waals surface area contributed by atoms with Crippen molar-refractivity contribution in [1.29, 1.82) is 42.1 Å². The van der Waals surface area contributed by atoms with E-state index in [9.17, 15) is 42.1 Å². The predicted molar refractivity (Wildman–Crippen MR) is 155 cm³/mol. The highest BCUT2D eigenvalue weighted by Gasteiger charge is 2.38. The monoisotopic (exact) mass is 656 g/mol. The maximum absolute atomic E-state index is 9.53. The minimum absolute atomic E-state index is 0.0740. The Morgan fingerprint density at radius 3 is 0.755 bits per heavy atom. The van der Waals surface area contributed by atoms with E-state index in [4.69, 9.17) is 18.9 Å². The fourth-order valence-corrected chi connectivity index (χ4v) is 4.37. The maximum atomic E-state index is 9.53. The summed E-state index contributed by atoms with van der Waals surface area (Å²) in [6.45, 7) is -1.57. The van der Waals surface area contributed by atoms with E-state index in [1.165, 1.54) is 46.5 Å². The first-order chi connectivity index (χ1) is 23.5. The van der Waals surface area contributed by atoms with Crippen molar-refractivity contribution in [2.45, 2.75) is 0 Å². The molecule has 0 saturated carbocycles. The summed E-state index contributed by atoms with van der Waals surface area (Å²) in [5.41, 5.74) is -2.56. The number of aromatic nitrogens is 8. The van der Waals surface area contributed by atoms with Crippen LogP contribution in [0.3, 0.4) is 0 Å². The van der Waals surface area contributed by atoms with Crippen LogP contribution in [-0.2, 0) is 28.2 Å². The molecule has 0 fully saturated rings. The quantitative estimate of drug-likeness (QED) is 0.196. The van der Waals surface area contributed by atoms with Crippen LogP contribution in [0.15, 0.2) is 0 Å². The Morgan fingerprint density at radius 2 is 0.612 bits per heavy atom. The van der Waals surface area contributed by atoms with Gasteiger partial charge in [0.05, 0.1) is 0 Å². The molecule has 0 bridgehead atoms. The molecule has 240 valence electrons. The Morgan fingerprint density at radius 1 is 0.408 bits per heavy atom. The number of rotatable bonds is 12. The molecule has 0 aliphatic rings. The van der Waals surface area contributed by atoms with E-state index in [1.807, 2.05) is 48.6 Å². The first-order valence-electron chi connectivity index (χ1n) is 13.5. The first kappa shape index (κ1) is 33.8. The predicted octanol–water partition coefficient (Wildman–Crippen LogP) is 0.196. The van der Waals surface area contributed by atoms with Gasteiger partial charge in [0.2, 0.25) is 0 Å². The molecule has 0 atom stereocenters. The number of hydrogen-bond acceptors (Lipinski definition) is 16. The lowest BCUT2D eigenvalue weighted by Crippen LogP contribution is -2.46. The SMILES string of the molecule is Cn1c(OCC(COc2nc(C#N)c(C#N)n2C)(COc2nc(C#N)c(C#N)n2C)COc2nc(C#N)c(C#N)n2C)nc(C#N)c1C#N. The molecule has 0 aromatic carbocycles. The second-order valence-electron chi connectivity index (χ2n) is 10.2. The molecule has 0 saturated heterocycles. The van der Waals surface area contributed by atoms with Gasteiger partial charge in [0.1, 0.15) is 80.4 Å². The number of nitrogens with zero attached hydrogens (tertiary/aromatic N) is 16. The summed E-state index contributed by atoms with van der Waals surface area (Å²) in [7, 11) is 5.81. The molecular weight excluding hydrogens is 636 g/mol. The average molecular weight is 657 g/mol. The number of hydrogen-bond donors (Lipinski definition) is 0.